The molecule has 10 rings (SSSR count). The maximum Gasteiger partial charge on any atom is 1.00 e. The molecule has 274 valence electrons. The number of nitrogens with zero attached hydrogens (tertiary/aromatic N) is 2. The van der Waals surface area contributed by atoms with Gasteiger partial charge in [0.05, 0.1) is 28.3 Å². The van der Waals surface area contributed by atoms with Crippen LogP contribution < -0.4 is 44.9 Å². The van der Waals surface area contributed by atoms with E-state index in [4.69, 9.17) is 26.4 Å². The van der Waals surface area contributed by atoms with Crippen LogP contribution in [0, 0.1) is 0 Å². The topological polar surface area (TPSA) is 145 Å². The number of hydrogen-bond acceptors (Lipinski definition) is 6. The number of para-hydroxylation sites is 2. The van der Waals surface area contributed by atoms with Gasteiger partial charge in [-0.05, 0) is 68.9 Å². The molecule has 0 bridgehead atoms. The predicted molar refractivity (Wildman–Crippen MR) is 209 cm³/mol. The van der Waals surface area contributed by atoms with Crippen LogP contribution >= 0.6 is 11.6 Å². The maximum atomic E-state index is 12.1. The van der Waals surface area contributed by atoms with Crippen molar-refractivity contribution < 1.29 is 50.4 Å². The summed E-state index contributed by atoms with van der Waals surface area (Å²) in [4.78, 5) is 39.9. The number of aromatic nitrogens is 4. The van der Waals surface area contributed by atoms with E-state index >= 15 is 0 Å². The molecule has 2 aromatic carbocycles. The molecule has 2 aliphatic heterocycles. The number of pyridine rings is 2. The fourth-order valence-corrected chi connectivity index (χ4v) is 7.86. The molecule has 2 amide bonds. The third-order valence-electron chi connectivity index (χ3n) is 10.5. The predicted octanol–water partition coefficient (Wildman–Crippen LogP) is 5.04. The molecule has 5 N–H and O–H groups in total. The van der Waals surface area contributed by atoms with Gasteiger partial charge in [0.25, 0.3) is 11.8 Å². The molecule has 4 aromatic heterocycles. The van der Waals surface area contributed by atoms with Crippen molar-refractivity contribution in [2.24, 2.45) is 0 Å². The van der Waals surface area contributed by atoms with E-state index in [0.29, 0.717) is 24.1 Å². The summed E-state index contributed by atoms with van der Waals surface area (Å²) in [5, 5.41) is 17.0. The average Bonchev–Trinajstić information content (AvgIpc) is 4.01. The van der Waals surface area contributed by atoms with E-state index in [1.807, 2.05) is 54.6 Å². The molecular weight excluding hydrogens is 711 g/mol. The van der Waals surface area contributed by atoms with Crippen molar-refractivity contribution in [2.75, 3.05) is 13.1 Å². The Morgan fingerprint density at radius 3 is 1.70 bits per heavy atom. The van der Waals surface area contributed by atoms with Crippen LogP contribution in [0.5, 0.6) is 5.88 Å². The van der Waals surface area contributed by atoms with Crippen LogP contribution in [0.1, 0.15) is 84.9 Å². The molecule has 12 heteroatoms. The minimum Gasteiger partial charge on any atom is -1.00 e. The number of halogens is 1. The summed E-state index contributed by atoms with van der Waals surface area (Å²) in [6.45, 7) is 1.35. The van der Waals surface area contributed by atoms with Crippen molar-refractivity contribution >= 4 is 45.2 Å². The normalized spacial score (nSPS) is 16.6. The first-order valence-electron chi connectivity index (χ1n) is 18.7. The van der Waals surface area contributed by atoms with Crippen molar-refractivity contribution in [3.63, 3.8) is 0 Å². The number of carbonyl (C=O) groups excluding carboxylic acids is 2. The quantitative estimate of drug-likeness (QED) is 0.126. The van der Waals surface area contributed by atoms with Crippen molar-refractivity contribution in [3.8, 4) is 28.4 Å². The number of benzene rings is 2. The summed E-state index contributed by atoms with van der Waals surface area (Å²) < 4.78 is 6.09. The van der Waals surface area contributed by atoms with E-state index in [9.17, 15) is 9.59 Å². The number of H-pyrrole nitrogens is 2. The van der Waals surface area contributed by atoms with Crippen LogP contribution in [-0.4, -0.2) is 62.2 Å². The molecule has 4 aliphatic rings. The molecule has 2 saturated carbocycles. The molecule has 0 atom stereocenters. The Morgan fingerprint density at radius 1 is 0.667 bits per heavy atom. The molecule has 2 fully saturated rings. The number of rotatable bonds is 4. The Labute approximate surface area is 342 Å². The van der Waals surface area contributed by atoms with Crippen LogP contribution in [0.25, 0.3) is 44.3 Å². The second-order valence-corrected chi connectivity index (χ2v) is 14.6. The summed E-state index contributed by atoms with van der Waals surface area (Å²) in [5.74, 6) is 0.656. The second-order valence-electron chi connectivity index (χ2n) is 14.2. The number of aliphatic hydroxyl groups excluding tert-OH is 1. The number of carbonyl (C=O) groups is 2. The van der Waals surface area contributed by atoms with Gasteiger partial charge >= 0.3 is 29.6 Å². The largest absolute Gasteiger partial charge is 1.00 e. The molecule has 54 heavy (non-hydrogen) atoms. The number of ether oxygens (including phenoxy) is 1. The average molecular weight is 755 g/mol. The standard InChI is InChI=1S/C21H21N3O2.C16H12ClN3O.C5H10O.Na.H/c25-21-16-12-18(23-17(16)10-11-22-21)15-7-3-4-13-8-9-19(24-20(13)15)26-14-5-1-2-6-14;17-14-5-4-9-2-1-3-10(15(9)20-14)13-8-11-12(19-13)6-7-18-16(11)21;6-5-3-1-2-4-5;;/h3-4,7-9,12,14,23H,1-2,5-6,10-11H2,(H,22,25);1-5,8,19H,6-7H2,(H,18,21);5-6H,1-4H2;;/q;;;+1;-1. The fourth-order valence-electron chi connectivity index (χ4n) is 7.71. The second kappa shape index (κ2) is 17.1. The van der Waals surface area contributed by atoms with Crippen LogP contribution in [-0.2, 0) is 12.8 Å². The van der Waals surface area contributed by atoms with Gasteiger partial charge in [0, 0.05) is 76.7 Å². The third kappa shape index (κ3) is 8.38. The van der Waals surface area contributed by atoms with Gasteiger partial charge in [-0.25, -0.2) is 9.97 Å². The van der Waals surface area contributed by atoms with Crippen molar-refractivity contribution in [3.05, 3.63) is 100 Å². The minimum atomic E-state index is -0.0232. The Bertz CT molecular complexity index is 2300. The van der Waals surface area contributed by atoms with Gasteiger partial charge in [-0.1, -0.05) is 60.8 Å². The Hall–Kier alpha value is -4.19. The summed E-state index contributed by atoms with van der Waals surface area (Å²) in [7, 11) is 0. The zero-order valence-electron chi connectivity index (χ0n) is 31.5. The zero-order chi connectivity index (χ0) is 36.3. The van der Waals surface area contributed by atoms with Crippen molar-refractivity contribution in [1.82, 2.24) is 30.6 Å². The number of hydrogen-bond donors (Lipinski definition) is 5. The molecule has 2 aliphatic carbocycles. The zero-order valence-corrected chi connectivity index (χ0v) is 33.3. The van der Waals surface area contributed by atoms with Gasteiger partial charge in [0.2, 0.25) is 5.88 Å². The Morgan fingerprint density at radius 2 is 1.19 bits per heavy atom. The summed E-state index contributed by atoms with van der Waals surface area (Å²) in [5.41, 5.74) is 8.97. The third-order valence-corrected chi connectivity index (χ3v) is 10.7. The fraction of sp³-hybridized carbons (Fsp3) is 0.333. The maximum absolute atomic E-state index is 12.1. The summed E-state index contributed by atoms with van der Waals surface area (Å²) in [6.07, 6.45) is 11.2. The minimum absolute atomic E-state index is 0. The number of aliphatic hydroxyl groups is 1. The van der Waals surface area contributed by atoms with E-state index < -0.39 is 0 Å². The molecule has 0 radical (unpaired) electrons. The summed E-state index contributed by atoms with van der Waals surface area (Å²) in [6, 6.07) is 23.7. The Kier molecular flexibility index (Phi) is 12.1. The monoisotopic (exact) mass is 754 g/mol. The van der Waals surface area contributed by atoms with Gasteiger partial charge in [-0.2, -0.15) is 0 Å². The van der Waals surface area contributed by atoms with Gasteiger partial charge in [0.1, 0.15) is 11.3 Å². The van der Waals surface area contributed by atoms with E-state index in [2.05, 4.69) is 37.7 Å². The number of aromatic amines is 2. The first-order valence-corrected chi connectivity index (χ1v) is 19.1. The first-order chi connectivity index (χ1) is 25.9. The van der Waals surface area contributed by atoms with Crippen LogP contribution in [0.2, 0.25) is 5.15 Å². The number of amides is 2. The van der Waals surface area contributed by atoms with Gasteiger partial charge < -0.3 is 31.9 Å². The van der Waals surface area contributed by atoms with Crippen molar-refractivity contribution in [1.29, 1.82) is 0 Å². The SMILES string of the molecule is O=C1NCCc2[nH]c(-c3cccc4ccc(Cl)nc34)cc21.O=C1NCCc2[nH]c(-c3cccc4ccc(OC5CCCC5)nc34)cc21.OC1CCCC1.[H-].[Na+]. The van der Waals surface area contributed by atoms with Gasteiger partial charge in [-0.15, -0.1) is 0 Å². The van der Waals surface area contributed by atoms with E-state index in [1.54, 1.807) is 6.07 Å². The van der Waals surface area contributed by atoms with Crippen LogP contribution in [0.15, 0.2) is 72.8 Å². The molecule has 6 heterocycles. The van der Waals surface area contributed by atoms with Crippen LogP contribution in [0.4, 0.5) is 0 Å². The first kappa shape index (κ1) is 38.1. The molecule has 0 saturated heterocycles. The van der Waals surface area contributed by atoms with E-state index in [0.717, 1.165) is 105 Å². The molecule has 0 unspecified atom stereocenters. The van der Waals surface area contributed by atoms with Crippen molar-refractivity contribution in [2.45, 2.75) is 76.4 Å². The molecule has 10 nitrogen and oxygen atoms in total. The summed E-state index contributed by atoms with van der Waals surface area (Å²) >= 11 is 6.02. The smallest absolute Gasteiger partial charge is 1.00 e. The number of nitrogens with one attached hydrogen (secondary N) is 4. The van der Waals surface area contributed by atoms with Gasteiger partial charge in [-0.3, -0.25) is 9.59 Å². The number of fused-ring (bicyclic) bond motifs is 4. The van der Waals surface area contributed by atoms with Crippen LogP contribution in [0.3, 0.4) is 0 Å². The van der Waals surface area contributed by atoms with E-state index in [-0.39, 0.29) is 55.0 Å². The Balaban J connectivity index is 0.000000160. The van der Waals surface area contributed by atoms with Gasteiger partial charge in [0.15, 0.2) is 0 Å². The van der Waals surface area contributed by atoms with E-state index in [1.165, 1.54) is 25.7 Å². The molecule has 6 aromatic rings. The molecular formula is C42H44ClN6NaO4. The molecule has 0 spiro atoms.